The fourth-order valence-corrected chi connectivity index (χ4v) is 2.65. The van der Waals surface area contributed by atoms with Crippen LogP contribution in [0.15, 0.2) is 0 Å². The number of aromatic nitrogens is 2. The number of nitrogens with one attached hydrogen (secondary N) is 1. The molecule has 1 aromatic rings. The van der Waals surface area contributed by atoms with Gasteiger partial charge >= 0.3 is 0 Å². The van der Waals surface area contributed by atoms with E-state index >= 15 is 0 Å². The van der Waals surface area contributed by atoms with Crippen LogP contribution < -0.4 is 11.1 Å². The summed E-state index contributed by atoms with van der Waals surface area (Å²) in [4.78, 5) is 8.16. The minimum Gasteiger partial charge on any atom is -0.394 e. The summed E-state index contributed by atoms with van der Waals surface area (Å²) in [5.41, 5.74) is 7.25. The number of anilines is 2. The Bertz CT molecular complexity index is 408. The predicted molar refractivity (Wildman–Crippen MR) is 71.2 cm³/mol. The lowest BCUT2D eigenvalue weighted by molar-refractivity contribution is 0.439. The van der Waals surface area contributed by atoms with E-state index in [4.69, 9.17) is 17.3 Å². The van der Waals surface area contributed by atoms with E-state index in [0.717, 1.165) is 18.2 Å². The molecule has 2 unspecified atom stereocenters. The first kappa shape index (κ1) is 12.4. The highest BCUT2D eigenvalue weighted by atomic mass is 35.5. The molecule has 2 atom stereocenters. The van der Waals surface area contributed by atoms with Gasteiger partial charge in [0.15, 0.2) is 5.82 Å². The van der Waals surface area contributed by atoms with Crippen molar-refractivity contribution in [3.63, 3.8) is 0 Å². The highest BCUT2D eigenvalue weighted by Crippen LogP contribution is 2.31. The molecule has 1 heterocycles. The summed E-state index contributed by atoms with van der Waals surface area (Å²) in [6.45, 7) is 5.06. The molecule has 4 nitrogen and oxygen atoms in total. The van der Waals surface area contributed by atoms with Crippen molar-refractivity contribution in [1.29, 1.82) is 0 Å². The zero-order valence-corrected chi connectivity index (χ0v) is 11.1. The van der Waals surface area contributed by atoms with Gasteiger partial charge < -0.3 is 11.1 Å². The van der Waals surface area contributed by atoms with Crippen molar-refractivity contribution in [3.05, 3.63) is 11.0 Å². The summed E-state index contributed by atoms with van der Waals surface area (Å²) < 4.78 is 0. The van der Waals surface area contributed by atoms with E-state index in [9.17, 15) is 0 Å². The number of halogens is 1. The quantitative estimate of drug-likeness (QED) is 0.815. The molecule has 0 amide bonds. The molecule has 1 saturated carbocycles. The van der Waals surface area contributed by atoms with Crippen molar-refractivity contribution in [2.24, 2.45) is 11.8 Å². The van der Waals surface area contributed by atoms with E-state index in [0.29, 0.717) is 17.4 Å². The maximum absolute atomic E-state index is 5.92. The maximum atomic E-state index is 5.92. The summed E-state index contributed by atoms with van der Waals surface area (Å²) in [7, 11) is 0. The van der Waals surface area contributed by atoms with Gasteiger partial charge in [0.05, 0.1) is 11.4 Å². The van der Waals surface area contributed by atoms with Crippen LogP contribution in [0.5, 0.6) is 0 Å². The second-order valence-corrected chi connectivity index (χ2v) is 5.23. The van der Waals surface area contributed by atoms with Crippen molar-refractivity contribution in [2.45, 2.75) is 33.1 Å². The van der Waals surface area contributed by atoms with Crippen LogP contribution in [0, 0.1) is 18.8 Å². The van der Waals surface area contributed by atoms with Crippen molar-refractivity contribution >= 4 is 23.1 Å². The molecular weight excluding hydrogens is 236 g/mol. The Labute approximate surface area is 107 Å². The molecule has 0 aliphatic heterocycles. The van der Waals surface area contributed by atoms with Gasteiger partial charge in [0.2, 0.25) is 5.28 Å². The smallest absolute Gasteiger partial charge is 0.224 e. The zero-order chi connectivity index (χ0) is 12.4. The van der Waals surface area contributed by atoms with E-state index < -0.39 is 0 Å². The number of nitrogens with two attached hydrogens (primary N) is 1. The minimum atomic E-state index is 0.249. The first-order chi connectivity index (χ1) is 8.08. The fourth-order valence-electron chi connectivity index (χ4n) is 2.44. The van der Waals surface area contributed by atoms with Gasteiger partial charge in [-0.3, -0.25) is 0 Å². The third-order valence-corrected chi connectivity index (χ3v) is 3.85. The molecule has 17 heavy (non-hydrogen) atoms. The van der Waals surface area contributed by atoms with Crippen LogP contribution in [0.3, 0.4) is 0 Å². The summed E-state index contributed by atoms with van der Waals surface area (Å²) in [6, 6.07) is 0. The van der Waals surface area contributed by atoms with Crippen LogP contribution in [0.4, 0.5) is 11.5 Å². The third-order valence-electron chi connectivity index (χ3n) is 3.68. The van der Waals surface area contributed by atoms with Gasteiger partial charge in [-0.2, -0.15) is 4.98 Å². The van der Waals surface area contributed by atoms with Gasteiger partial charge in [0.25, 0.3) is 0 Å². The molecule has 0 spiro atoms. The highest BCUT2D eigenvalue weighted by molar-refractivity contribution is 6.28. The van der Waals surface area contributed by atoms with Crippen LogP contribution in [0.1, 0.15) is 31.9 Å². The van der Waals surface area contributed by atoms with Gasteiger partial charge in [-0.05, 0) is 36.8 Å². The van der Waals surface area contributed by atoms with E-state index in [1.165, 1.54) is 19.3 Å². The van der Waals surface area contributed by atoms with Crippen LogP contribution in [0.2, 0.25) is 5.28 Å². The number of hydrogen-bond acceptors (Lipinski definition) is 4. The first-order valence-corrected chi connectivity index (χ1v) is 6.49. The Kier molecular flexibility index (Phi) is 3.72. The molecule has 2 rings (SSSR count). The lowest BCUT2D eigenvalue weighted by Gasteiger charge is -2.17. The highest BCUT2D eigenvalue weighted by Gasteiger charge is 2.23. The molecule has 0 bridgehead atoms. The molecule has 1 aliphatic rings. The summed E-state index contributed by atoms with van der Waals surface area (Å²) in [5, 5.41) is 3.56. The van der Waals surface area contributed by atoms with Crippen molar-refractivity contribution in [3.8, 4) is 0 Å². The Balaban J connectivity index is 2.03. The number of rotatable bonds is 3. The van der Waals surface area contributed by atoms with Crippen molar-refractivity contribution < 1.29 is 0 Å². The summed E-state index contributed by atoms with van der Waals surface area (Å²) >= 11 is 5.83. The van der Waals surface area contributed by atoms with Gasteiger partial charge in [-0.1, -0.05) is 19.8 Å². The third kappa shape index (κ3) is 2.80. The Morgan fingerprint density at radius 2 is 2.18 bits per heavy atom. The summed E-state index contributed by atoms with van der Waals surface area (Å²) in [6.07, 6.45) is 3.93. The van der Waals surface area contributed by atoms with Crippen LogP contribution in [0.25, 0.3) is 0 Å². The number of nitrogen functional groups attached to an aromatic ring is 1. The van der Waals surface area contributed by atoms with Crippen LogP contribution in [-0.4, -0.2) is 16.5 Å². The van der Waals surface area contributed by atoms with Gasteiger partial charge in [0.1, 0.15) is 0 Å². The fraction of sp³-hybridized carbons (Fsp3) is 0.667. The van der Waals surface area contributed by atoms with Crippen molar-refractivity contribution in [1.82, 2.24) is 9.97 Å². The van der Waals surface area contributed by atoms with E-state index in [1.807, 2.05) is 6.92 Å². The standard InChI is InChI=1S/C12H19ClN4/c1-7-4-3-5-9(7)6-15-11-10(14)8(2)16-12(13)17-11/h7,9H,3-6,14H2,1-2H3,(H,15,16,17). The lowest BCUT2D eigenvalue weighted by atomic mass is 9.98. The average Bonchev–Trinajstić information content (AvgIpc) is 2.67. The van der Waals surface area contributed by atoms with Gasteiger partial charge in [-0.15, -0.1) is 0 Å². The van der Waals surface area contributed by atoms with E-state index in [-0.39, 0.29) is 5.28 Å². The normalized spacial score (nSPS) is 23.9. The minimum absolute atomic E-state index is 0.249. The lowest BCUT2D eigenvalue weighted by Crippen LogP contribution is -2.18. The van der Waals surface area contributed by atoms with E-state index in [1.54, 1.807) is 0 Å². The molecule has 94 valence electrons. The Morgan fingerprint density at radius 3 is 2.82 bits per heavy atom. The van der Waals surface area contributed by atoms with E-state index in [2.05, 4.69) is 22.2 Å². The number of nitrogens with zero attached hydrogens (tertiary/aromatic N) is 2. The topological polar surface area (TPSA) is 63.8 Å². The Morgan fingerprint density at radius 1 is 1.41 bits per heavy atom. The number of aryl methyl sites for hydroxylation is 1. The van der Waals surface area contributed by atoms with Crippen LogP contribution >= 0.6 is 11.6 Å². The molecule has 0 saturated heterocycles. The second kappa shape index (κ2) is 5.08. The zero-order valence-electron chi connectivity index (χ0n) is 10.3. The molecule has 3 N–H and O–H groups in total. The largest absolute Gasteiger partial charge is 0.394 e. The molecule has 0 radical (unpaired) electrons. The van der Waals surface area contributed by atoms with Gasteiger partial charge in [-0.25, -0.2) is 4.98 Å². The van der Waals surface area contributed by atoms with Crippen molar-refractivity contribution in [2.75, 3.05) is 17.6 Å². The summed E-state index contributed by atoms with van der Waals surface area (Å²) in [5.74, 6) is 2.16. The second-order valence-electron chi connectivity index (χ2n) is 4.89. The average molecular weight is 255 g/mol. The molecule has 1 aromatic heterocycles. The predicted octanol–water partition coefficient (Wildman–Crippen LogP) is 2.87. The Hall–Kier alpha value is -1.03. The first-order valence-electron chi connectivity index (χ1n) is 6.11. The van der Waals surface area contributed by atoms with Gasteiger partial charge in [0, 0.05) is 6.54 Å². The SMILES string of the molecule is Cc1nc(Cl)nc(NCC2CCCC2C)c1N. The molecule has 0 aromatic carbocycles. The molecule has 1 fully saturated rings. The molecule has 5 heteroatoms. The molecule has 1 aliphatic carbocycles. The van der Waals surface area contributed by atoms with Crippen LogP contribution in [-0.2, 0) is 0 Å². The molecular formula is C12H19ClN4. The maximum Gasteiger partial charge on any atom is 0.224 e. The monoisotopic (exact) mass is 254 g/mol. The number of hydrogen-bond donors (Lipinski definition) is 2.